The molecular weight excluding hydrogens is 170 g/mol. The van der Waals surface area contributed by atoms with Gasteiger partial charge in [-0.05, 0) is 25.3 Å². The van der Waals surface area contributed by atoms with E-state index < -0.39 is 0 Å². The van der Waals surface area contributed by atoms with Crippen molar-refractivity contribution in [2.75, 3.05) is 6.54 Å². The van der Waals surface area contributed by atoms with Crippen molar-refractivity contribution in [2.24, 2.45) is 0 Å². The summed E-state index contributed by atoms with van der Waals surface area (Å²) in [6.07, 6.45) is 0.317. The highest BCUT2D eigenvalue weighted by molar-refractivity contribution is 7.10. The van der Waals surface area contributed by atoms with Gasteiger partial charge in [-0.25, -0.2) is 0 Å². The van der Waals surface area contributed by atoms with Crippen LogP contribution in [0.3, 0.4) is 0 Å². The van der Waals surface area contributed by atoms with Crippen LogP contribution < -0.4 is 5.32 Å². The zero-order chi connectivity index (χ0) is 8.60. The Morgan fingerprint density at radius 3 is 3.08 bits per heavy atom. The van der Waals surface area contributed by atoms with Gasteiger partial charge in [-0.15, -0.1) is 11.3 Å². The van der Waals surface area contributed by atoms with Crippen LogP contribution in [0.2, 0.25) is 0 Å². The highest BCUT2D eigenvalue weighted by atomic mass is 32.1. The van der Waals surface area contributed by atoms with Crippen LogP contribution in [0.5, 0.6) is 0 Å². The van der Waals surface area contributed by atoms with Gasteiger partial charge in [0.1, 0.15) is 0 Å². The normalized spacial score (nSPS) is 35.7. The summed E-state index contributed by atoms with van der Waals surface area (Å²) in [4.78, 5) is 1.26. The molecule has 2 nitrogen and oxygen atoms in total. The van der Waals surface area contributed by atoms with E-state index in [-0.39, 0.29) is 5.72 Å². The fourth-order valence-corrected chi connectivity index (χ4v) is 2.33. The fraction of sp³-hybridized carbons (Fsp3) is 0.556. The van der Waals surface area contributed by atoms with E-state index in [1.807, 2.05) is 0 Å². The standard InChI is InChI=1S/C9H13NOS/c1-7-6-10-9(2,11-7)8-4-3-5-12-8/h3-5,7,10H,6H2,1-2H3. The van der Waals surface area contributed by atoms with Gasteiger partial charge in [0.15, 0.2) is 5.72 Å². The van der Waals surface area contributed by atoms with Gasteiger partial charge >= 0.3 is 0 Å². The molecule has 1 aromatic heterocycles. The molecule has 0 bridgehead atoms. The van der Waals surface area contributed by atoms with Crippen molar-refractivity contribution in [3.8, 4) is 0 Å². The Bertz CT molecular complexity index is 260. The topological polar surface area (TPSA) is 21.3 Å². The van der Waals surface area contributed by atoms with E-state index >= 15 is 0 Å². The summed E-state index contributed by atoms with van der Waals surface area (Å²) < 4.78 is 5.79. The summed E-state index contributed by atoms with van der Waals surface area (Å²) >= 11 is 1.73. The van der Waals surface area contributed by atoms with Crippen LogP contribution in [0, 0.1) is 0 Å². The second kappa shape index (κ2) is 2.83. The predicted octanol–water partition coefficient (Wildman–Crippen LogP) is 1.93. The lowest BCUT2D eigenvalue weighted by molar-refractivity contribution is -0.0316. The van der Waals surface area contributed by atoms with Crippen LogP contribution in [0.25, 0.3) is 0 Å². The molecule has 2 atom stereocenters. The molecule has 1 saturated heterocycles. The van der Waals surface area contributed by atoms with E-state index in [2.05, 4.69) is 36.7 Å². The third-order valence-corrected chi connectivity index (χ3v) is 3.23. The maximum atomic E-state index is 5.79. The molecule has 1 fully saturated rings. The summed E-state index contributed by atoms with van der Waals surface area (Å²) in [5, 5.41) is 5.45. The van der Waals surface area contributed by atoms with Gasteiger partial charge < -0.3 is 4.74 Å². The molecule has 2 rings (SSSR count). The second-order valence-electron chi connectivity index (χ2n) is 3.32. The maximum Gasteiger partial charge on any atom is 0.152 e. The van der Waals surface area contributed by atoms with Gasteiger partial charge in [0.2, 0.25) is 0 Å². The number of hydrogen-bond donors (Lipinski definition) is 1. The van der Waals surface area contributed by atoms with Gasteiger partial charge in [0.05, 0.1) is 11.0 Å². The van der Waals surface area contributed by atoms with Crippen LogP contribution in [0.1, 0.15) is 18.7 Å². The first kappa shape index (κ1) is 8.23. The highest BCUT2D eigenvalue weighted by Crippen LogP contribution is 2.31. The highest BCUT2D eigenvalue weighted by Gasteiger charge is 2.35. The van der Waals surface area contributed by atoms with Crippen molar-refractivity contribution < 1.29 is 4.74 Å². The quantitative estimate of drug-likeness (QED) is 0.718. The van der Waals surface area contributed by atoms with Crippen molar-refractivity contribution in [3.63, 3.8) is 0 Å². The summed E-state index contributed by atoms with van der Waals surface area (Å²) in [6.45, 7) is 5.11. The average Bonchev–Trinajstić information content (AvgIpc) is 2.59. The van der Waals surface area contributed by atoms with E-state index in [1.54, 1.807) is 11.3 Å². The number of nitrogens with one attached hydrogen (secondary N) is 1. The Morgan fingerprint density at radius 1 is 1.75 bits per heavy atom. The Kier molecular flexibility index (Phi) is 1.94. The molecule has 3 heteroatoms. The summed E-state index contributed by atoms with van der Waals surface area (Å²) in [5.74, 6) is 0. The van der Waals surface area contributed by atoms with E-state index in [0.29, 0.717) is 6.10 Å². The monoisotopic (exact) mass is 183 g/mol. The lowest BCUT2D eigenvalue weighted by Gasteiger charge is -2.22. The maximum absolute atomic E-state index is 5.79. The first-order valence-corrected chi connectivity index (χ1v) is 5.05. The minimum atomic E-state index is -0.242. The Labute approximate surface area is 76.6 Å². The molecule has 1 aliphatic heterocycles. The van der Waals surface area contributed by atoms with Crippen molar-refractivity contribution in [1.29, 1.82) is 0 Å². The molecule has 0 saturated carbocycles. The third-order valence-electron chi connectivity index (χ3n) is 2.16. The molecule has 0 aromatic carbocycles. The van der Waals surface area contributed by atoms with Crippen LogP contribution in [-0.2, 0) is 10.5 Å². The first-order chi connectivity index (χ1) is 5.71. The largest absolute Gasteiger partial charge is 0.352 e. The molecule has 2 heterocycles. The average molecular weight is 183 g/mol. The molecule has 1 N–H and O–H groups in total. The van der Waals surface area contributed by atoms with E-state index in [1.165, 1.54) is 4.88 Å². The smallest absolute Gasteiger partial charge is 0.152 e. The third kappa shape index (κ3) is 1.28. The molecule has 0 aliphatic carbocycles. The number of ether oxygens (including phenoxy) is 1. The van der Waals surface area contributed by atoms with Crippen molar-refractivity contribution in [2.45, 2.75) is 25.7 Å². The molecule has 1 aliphatic rings. The first-order valence-electron chi connectivity index (χ1n) is 4.17. The Hall–Kier alpha value is -0.380. The minimum Gasteiger partial charge on any atom is -0.352 e. The van der Waals surface area contributed by atoms with E-state index in [0.717, 1.165) is 6.54 Å². The zero-order valence-electron chi connectivity index (χ0n) is 7.33. The summed E-state index contributed by atoms with van der Waals surface area (Å²) in [6, 6.07) is 4.16. The lowest BCUT2D eigenvalue weighted by atomic mass is 10.2. The van der Waals surface area contributed by atoms with Crippen LogP contribution in [0.4, 0.5) is 0 Å². The van der Waals surface area contributed by atoms with Gasteiger partial charge in [-0.2, -0.15) is 0 Å². The van der Waals surface area contributed by atoms with E-state index in [4.69, 9.17) is 4.74 Å². The lowest BCUT2D eigenvalue weighted by Crippen LogP contribution is -2.33. The molecule has 0 spiro atoms. The molecule has 66 valence electrons. The summed E-state index contributed by atoms with van der Waals surface area (Å²) in [7, 11) is 0. The molecular formula is C9H13NOS. The molecule has 0 amide bonds. The van der Waals surface area contributed by atoms with Crippen LogP contribution in [0.15, 0.2) is 17.5 Å². The molecule has 12 heavy (non-hydrogen) atoms. The second-order valence-corrected chi connectivity index (χ2v) is 4.27. The SMILES string of the molecule is CC1CNC(C)(c2cccs2)O1. The fourth-order valence-electron chi connectivity index (χ4n) is 1.52. The Balaban J connectivity index is 2.23. The van der Waals surface area contributed by atoms with Gasteiger partial charge in [0.25, 0.3) is 0 Å². The molecule has 1 aromatic rings. The van der Waals surface area contributed by atoms with Crippen LogP contribution >= 0.6 is 11.3 Å². The van der Waals surface area contributed by atoms with Gasteiger partial charge in [-0.1, -0.05) is 6.07 Å². The van der Waals surface area contributed by atoms with Crippen LogP contribution in [-0.4, -0.2) is 12.6 Å². The van der Waals surface area contributed by atoms with Crippen molar-refractivity contribution in [1.82, 2.24) is 5.32 Å². The molecule has 0 radical (unpaired) electrons. The minimum absolute atomic E-state index is 0.242. The predicted molar refractivity (Wildman–Crippen MR) is 50.2 cm³/mol. The number of thiophene rings is 1. The molecule has 2 unspecified atom stereocenters. The van der Waals surface area contributed by atoms with Crippen molar-refractivity contribution >= 4 is 11.3 Å². The zero-order valence-corrected chi connectivity index (χ0v) is 8.15. The summed E-state index contributed by atoms with van der Waals surface area (Å²) in [5.41, 5.74) is -0.242. The number of hydrogen-bond acceptors (Lipinski definition) is 3. The van der Waals surface area contributed by atoms with Gasteiger partial charge in [0, 0.05) is 6.54 Å². The van der Waals surface area contributed by atoms with Crippen molar-refractivity contribution in [3.05, 3.63) is 22.4 Å². The van der Waals surface area contributed by atoms with Gasteiger partial charge in [-0.3, -0.25) is 5.32 Å². The number of rotatable bonds is 1. The Morgan fingerprint density at radius 2 is 2.58 bits per heavy atom. The van der Waals surface area contributed by atoms with E-state index in [9.17, 15) is 0 Å².